The summed E-state index contributed by atoms with van der Waals surface area (Å²) in [6.07, 6.45) is 1.26. The van der Waals surface area contributed by atoms with E-state index >= 15 is 0 Å². The molecule has 1 atom stereocenters. The Morgan fingerprint density at radius 3 is 2.57 bits per heavy atom. The number of nitrogens with zero attached hydrogens (tertiary/aromatic N) is 1. The first-order valence-electron chi connectivity index (χ1n) is 10.2. The Morgan fingerprint density at radius 2 is 1.90 bits per heavy atom. The lowest BCUT2D eigenvalue weighted by Gasteiger charge is -2.32. The number of hydrogen-bond acceptors (Lipinski definition) is 3. The first kappa shape index (κ1) is 22.4. The molecule has 30 heavy (non-hydrogen) atoms. The second-order valence-corrected chi connectivity index (χ2v) is 10.6. The molecule has 1 saturated heterocycles. The summed E-state index contributed by atoms with van der Waals surface area (Å²) in [7, 11) is -3.75. The van der Waals surface area contributed by atoms with Crippen molar-refractivity contribution in [1.29, 1.82) is 0 Å². The lowest BCUT2D eigenvalue weighted by molar-refractivity contribution is -0.126. The van der Waals surface area contributed by atoms with Crippen LogP contribution < -0.4 is 5.32 Å². The van der Waals surface area contributed by atoms with Crippen LogP contribution in [0.5, 0.6) is 0 Å². The first-order chi connectivity index (χ1) is 14.1. The molecule has 0 saturated carbocycles. The van der Waals surface area contributed by atoms with E-state index in [-0.39, 0.29) is 22.8 Å². The van der Waals surface area contributed by atoms with Crippen LogP contribution in [0.4, 0.5) is 4.39 Å². The van der Waals surface area contributed by atoms with Gasteiger partial charge in [-0.3, -0.25) is 4.79 Å². The summed E-state index contributed by atoms with van der Waals surface area (Å²) in [5.41, 5.74) is 2.07. The zero-order valence-electron chi connectivity index (χ0n) is 17.7. The van der Waals surface area contributed by atoms with Gasteiger partial charge in [0.2, 0.25) is 15.9 Å². The van der Waals surface area contributed by atoms with Crippen molar-refractivity contribution in [3.63, 3.8) is 0 Å². The van der Waals surface area contributed by atoms with Gasteiger partial charge in [0, 0.05) is 25.0 Å². The van der Waals surface area contributed by atoms with Crippen LogP contribution in [-0.2, 0) is 20.2 Å². The smallest absolute Gasteiger partial charge is 0.243 e. The number of rotatable bonds is 6. The van der Waals surface area contributed by atoms with Crippen molar-refractivity contribution in [3.8, 4) is 0 Å². The number of carbonyl (C=O) groups excluding carboxylic acids is 1. The second kappa shape index (κ2) is 8.86. The number of carbonyl (C=O) groups is 1. The van der Waals surface area contributed by atoms with E-state index in [1.165, 1.54) is 22.0 Å². The molecule has 5 nitrogen and oxygen atoms in total. The van der Waals surface area contributed by atoms with Gasteiger partial charge in [0.1, 0.15) is 5.82 Å². The Labute approximate surface area is 178 Å². The van der Waals surface area contributed by atoms with Crippen LogP contribution in [0.2, 0.25) is 0 Å². The molecule has 1 fully saturated rings. The quantitative estimate of drug-likeness (QED) is 0.758. The number of benzene rings is 2. The lowest BCUT2D eigenvalue weighted by Crippen LogP contribution is -2.47. The third kappa shape index (κ3) is 5.08. The lowest BCUT2D eigenvalue weighted by atomic mass is 9.83. The van der Waals surface area contributed by atoms with Crippen LogP contribution in [0.25, 0.3) is 0 Å². The first-order valence-corrected chi connectivity index (χ1v) is 11.6. The van der Waals surface area contributed by atoms with Crippen molar-refractivity contribution in [2.45, 2.75) is 43.9 Å². The van der Waals surface area contributed by atoms with Gasteiger partial charge in [-0.05, 0) is 49.6 Å². The minimum atomic E-state index is -3.75. The van der Waals surface area contributed by atoms with Gasteiger partial charge in [-0.25, -0.2) is 12.8 Å². The molecule has 1 amide bonds. The Balaban J connectivity index is 1.65. The van der Waals surface area contributed by atoms with Crippen LogP contribution in [0, 0.1) is 18.7 Å². The number of piperidine rings is 1. The second-order valence-electron chi connectivity index (χ2n) is 8.63. The molecule has 0 spiro atoms. The highest BCUT2D eigenvalue weighted by atomic mass is 32.2. The summed E-state index contributed by atoms with van der Waals surface area (Å²) in [6.45, 7) is 7.16. The molecule has 2 aromatic rings. The van der Waals surface area contributed by atoms with Crippen molar-refractivity contribution in [1.82, 2.24) is 9.62 Å². The number of amides is 1. The minimum absolute atomic E-state index is 0.0468. The van der Waals surface area contributed by atoms with Gasteiger partial charge < -0.3 is 5.32 Å². The molecule has 1 unspecified atom stereocenters. The monoisotopic (exact) mass is 432 g/mol. The number of halogens is 1. The summed E-state index contributed by atoms with van der Waals surface area (Å²) in [5.74, 6) is -1.02. The van der Waals surface area contributed by atoms with Crippen LogP contribution >= 0.6 is 0 Å². The molecule has 0 radical (unpaired) electrons. The Kier molecular flexibility index (Phi) is 6.62. The van der Waals surface area contributed by atoms with Crippen molar-refractivity contribution in [3.05, 3.63) is 65.5 Å². The predicted octanol–water partition coefficient (Wildman–Crippen LogP) is 3.63. The fourth-order valence-electron chi connectivity index (χ4n) is 3.75. The van der Waals surface area contributed by atoms with Gasteiger partial charge in [0.15, 0.2) is 0 Å². The third-order valence-corrected chi connectivity index (χ3v) is 7.59. The van der Waals surface area contributed by atoms with E-state index in [1.807, 2.05) is 19.1 Å². The average Bonchev–Trinajstić information content (AvgIpc) is 2.72. The predicted molar refractivity (Wildman–Crippen MR) is 115 cm³/mol. The zero-order chi connectivity index (χ0) is 21.9. The van der Waals surface area contributed by atoms with E-state index in [2.05, 4.69) is 31.3 Å². The molecule has 0 bridgehead atoms. The highest BCUT2D eigenvalue weighted by Gasteiger charge is 2.34. The molecule has 1 aliphatic rings. The van der Waals surface area contributed by atoms with Crippen molar-refractivity contribution < 1.29 is 17.6 Å². The topological polar surface area (TPSA) is 66.5 Å². The van der Waals surface area contributed by atoms with E-state index in [1.54, 1.807) is 0 Å². The van der Waals surface area contributed by atoms with E-state index in [9.17, 15) is 17.6 Å². The number of sulfonamides is 1. The SMILES string of the molecule is Cc1cccc(C(C)(C)CNC(=O)C2CCCN(S(=O)(=O)c3ccc(F)cc3)C2)c1. The molecule has 7 heteroatoms. The number of aryl methyl sites for hydroxylation is 1. The summed E-state index contributed by atoms with van der Waals surface area (Å²) in [6, 6.07) is 13.0. The van der Waals surface area contributed by atoms with Crippen LogP contribution in [-0.4, -0.2) is 38.3 Å². The number of nitrogens with one attached hydrogen (secondary N) is 1. The Hall–Kier alpha value is -2.25. The molecule has 2 aromatic carbocycles. The van der Waals surface area contributed by atoms with Crippen molar-refractivity contribution in [2.75, 3.05) is 19.6 Å². The van der Waals surface area contributed by atoms with E-state index < -0.39 is 21.8 Å². The van der Waals surface area contributed by atoms with E-state index in [0.717, 1.165) is 17.7 Å². The van der Waals surface area contributed by atoms with E-state index in [0.29, 0.717) is 25.9 Å². The van der Waals surface area contributed by atoms with Gasteiger partial charge in [0.05, 0.1) is 10.8 Å². The molecule has 3 rings (SSSR count). The molecule has 162 valence electrons. The Bertz CT molecular complexity index is 1000. The largest absolute Gasteiger partial charge is 0.355 e. The summed E-state index contributed by atoms with van der Waals surface area (Å²) in [5, 5.41) is 3.02. The maximum Gasteiger partial charge on any atom is 0.243 e. The standard InChI is InChI=1S/C23H29FN2O3S/c1-17-6-4-8-19(14-17)23(2,3)16-25-22(27)18-7-5-13-26(15-18)30(28,29)21-11-9-20(24)10-12-21/h4,6,8-12,14,18H,5,7,13,15-16H2,1-3H3,(H,25,27). The van der Waals surface area contributed by atoms with Crippen LogP contribution in [0.15, 0.2) is 53.4 Å². The number of hydrogen-bond donors (Lipinski definition) is 1. The van der Waals surface area contributed by atoms with Gasteiger partial charge >= 0.3 is 0 Å². The molecule has 1 heterocycles. The molecule has 0 aromatic heterocycles. The highest BCUT2D eigenvalue weighted by Crippen LogP contribution is 2.26. The van der Waals surface area contributed by atoms with Crippen LogP contribution in [0.3, 0.4) is 0 Å². The molecule has 1 N–H and O–H groups in total. The van der Waals surface area contributed by atoms with Gasteiger partial charge in [-0.2, -0.15) is 4.31 Å². The summed E-state index contributed by atoms with van der Waals surface area (Å²) < 4.78 is 40.2. The summed E-state index contributed by atoms with van der Waals surface area (Å²) in [4.78, 5) is 12.9. The molecule has 1 aliphatic heterocycles. The maximum absolute atomic E-state index is 13.1. The van der Waals surface area contributed by atoms with Gasteiger partial charge in [-0.15, -0.1) is 0 Å². The molecule has 0 aliphatic carbocycles. The fourth-order valence-corrected chi connectivity index (χ4v) is 5.27. The van der Waals surface area contributed by atoms with Crippen LogP contribution in [0.1, 0.15) is 37.8 Å². The third-order valence-electron chi connectivity index (χ3n) is 5.71. The molecular weight excluding hydrogens is 403 g/mol. The van der Waals surface area contributed by atoms with Crippen molar-refractivity contribution >= 4 is 15.9 Å². The maximum atomic E-state index is 13.1. The zero-order valence-corrected chi connectivity index (χ0v) is 18.5. The normalized spacial score (nSPS) is 18.2. The highest BCUT2D eigenvalue weighted by molar-refractivity contribution is 7.89. The van der Waals surface area contributed by atoms with E-state index in [4.69, 9.17) is 0 Å². The van der Waals surface area contributed by atoms with Crippen molar-refractivity contribution in [2.24, 2.45) is 5.92 Å². The van der Waals surface area contributed by atoms with Gasteiger partial charge in [-0.1, -0.05) is 43.7 Å². The fraction of sp³-hybridized carbons (Fsp3) is 0.435. The Morgan fingerprint density at radius 1 is 1.20 bits per heavy atom. The summed E-state index contributed by atoms with van der Waals surface area (Å²) >= 11 is 0. The average molecular weight is 433 g/mol. The minimum Gasteiger partial charge on any atom is -0.355 e. The molecular formula is C23H29FN2O3S. The van der Waals surface area contributed by atoms with Gasteiger partial charge in [0.25, 0.3) is 0 Å².